The Bertz CT molecular complexity index is 2460. The normalized spacial score (nSPS) is 11.5. The van der Waals surface area contributed by atoms with Gasteiger partial charge in [-0.05, 0) is 58.7 Å². The molecule has 0 aliphatic carbocycles. The second-order valence-corrected chi connectivity index (χ2v) is 12.4. The molecule has 0 N–H and O–H groups in total. The van der Waals surface area contributed by atoms with Crippen LogP contribution in [0.2, 0.25) is 0 Å². The molecule has 0 radical (unpaired) electrons. The Kier molecular flexibility index (Phi) is 6.28. The maximum absolute atomic E-state index is 4.98. The molecule has 4 nitrogen and oxygen atoms in total. The van der Waals surface area contributed by atoms with E-state index in [4.69, 9.17) is 15.0 Å². The van der Waals surface area contributed by atoms with Crippen LogP contribution in [0.3, 0.4) is 0 Å². The molecule has 0 amide bonds. The predicted octanol–water partition coefficient (Wildman–Crippen LogP) is 10.9. The van der Waals surface area contributed by atoms with E-state index < -0.39 is 0 Å². The molecular formula is C41H26N4S. The van der Waals surface area contributed by atoms with Crippen molar-refractivity contribution in [3.05, 3.63) is 158 Å². The van der Waals surface area contributed by atoms with Crippen molar-refractivity contribution in [2.45, 2.75) is 0 Å². The summed E-state index contributed by atoms with van der Waals surface area (Å²) in [5, 5.41) is 3.70. The highest BCUT2D eigenvalue weighted by atomic mass is 32.1. The highest BCUT2D eigenvalue weighted by molar-refractivity contribution is 7.26. The number of rotatable bonds is 5. The van der Waals surface area contributed by atoms with Crippen molar-refractivity contribution in [1.82, 2.24) is 19.5 Å². The summed E-state index contributed by atoms with van der Waals surface area (Å²) in [6.45, 7) is 0. The van der Waals surface area contributed by atoms with Crippen LogP contribution in [-0.4, -0.2) is 19.5 Å². The smallest absolute Gasteiger partial charge is 0.238 e. The van der Waals surface area contributed by atoms with Gasteiger partial charge in [0.2, 0.25) is 5.95 Å². The van der Waals surface area contributed by atoms with Crippen LogP contribution in [0.15, 0.2) is 158 Å². The third-order valence-electron chi connectivity index (χ3n) is 8.51. The summed E-state index contributed by atoms with van der Waals surface area (Å²) in [7, 11) is 0. The number of aromatic nitrogens is 4. The SMILES string of the molecule is c1ccc(-c2cccc(-c3ccc4sc5ccc6c(ccn6-c6nc(-c7ccccc7)nc(-c7ccccc7)n6)c5c4c3)c2)cc1. The van der Waals surface area contributed by atoms with Crippen molar-refractivity contribution < 1.29 is 0 Å². The molecule has 9 rings (SSSR count). The van der Waals surface area contributed by atoms with Crippen molar-refractivity contribution in [2.75, 3.05) is 0 Å². The van der Waals surface area contributed by atoms with E-state index in [-0.39, 0.29) is 0 Å². The van der Waals surface area contributed by atoms with Gasteiger partial charge in [-0.1, -0.05) is 115 Å². The number of hydrogen-bond acceptors (Lipinski definition) is 4. The van der Waals surface area contributed by atoms with Crippen molar-refractivity contribution >= 4 is 42.4 Å². The average molecular weight is 607 g/mol. The fourth-order valence-corrected chi connectivity index (χ4v) is 7.36. The minimum absolute atomic E-state index is 0.597. The van der Waals surface area contributed by atoms with Crippen LogP contribution in [0, 0.1) is 0 Å². The zero-order chi connectivity index (χ0) is 30.5. The number of fused-ring (bicyclic) bond motifs is 5. The second-order valence-electron chi connectivity index (χ2n) is 11.3. The van der Waals surface area contributed by atoms with Crippen LogP contribution >= 0.6 is 11.3 Å². The van der Waals surface area contributed by atoms with Crippen molar-refractivity contribution in [1.29, 1.82) is 0 Å². The van der Waals surface area contributed by atoms with E-state index >= 15 is 0 Å². The Morgan fingerprint density at radius 3 is 1.65 bits per heavy atom. The van der Waals surface area contributed by atoms with Crippen molar-refractivity contribution in [2.24, 2.45) is 0 Å². The summed E-state index contributed by atoms with van der Waals surface area (Å²) in [4.78, 5) is 14.8. The molecular weight excluding hydrogens is 581 g/mol. The molecule has 0 saturated carbocycles. The molecule has 0 aliphatic heterocycles. The summed E-state index contributed by atoms with van der Waals surface area (Å²) in [6.07, 6.45) is 2.08. The minimum Gasteiger partial charge on any atom is -0.285 e. The molecule has 0 atom stereocenters. The fourth-order valence-electron chi connectivity index (χ4n) is 6.26. The Hall–Kier alpha value is -5.91. The standard InChI is InChI=1S/C41H26N4S/c1-4-11-27(12-5-1)30-17-10-18-31(25-30)32-19-21-36-34(26-32)38-33-23-24-45(35(33)20-22-37(38)46-36)41-43-39(28-13-6-2-7-14-28)42-40(44-41)29-15-8-3-9-16-29/h1-26H. The lowest BCUT2D eigenvalue weighted by atomic mass is 9.97. The summed E-state index contributed by atoms with van der Waals surface area (Å²) in [6, 6.07) is 53.0. The van der Waals surface area contributed by atoms with Gasteiger partial charge in [-0.2, -0.15) is 9.97 Å². The van der Waals surface area contributed by atoms with Crippen LogP contribution in [-0.2, 0) is 0 Å². The first-order valence-corrected chi connectivity index (χ1v) is 16.1. The first-order chi connectivity index (χ1) is 22.8. The van der Waals surface area contributed by atoms with Gasteiger partial charge in [0.15, 0.2) is 11.6 Å². The Balaban J connectivity index is 1.21. The van der Waals surface area contributed by atoms with Gasteiger partial charge in [-0.25, -0.2) is 4.98 Å². The molecule has 0 bridgehead atoms. The molecule has 3 heterocycles. The van der Waals surface area contributed by atoms with Gasteiger partial charge in [0.1, 0.15) is 0 Å². The maximum atomic E-state index is 4.98. The van der Waals surface area contributed by atoms with Gasteiger partial charge in [-0.3, -0.25) is 4.57 Å². The van der Waals surface area contributed by atoms with Crippen LogP contribution < -0.4 is 0 Å². The van der Waals surface area contributed by atoms with Gasteiger partial charge in [-0.15, -0.1) is 11.3 Å². The fraction of sp³-hybridized carbons (Fsp3) is 0. The molecule has 3 aromatic heterocycles. The van der Waals surface area contributed by atoms with Crippen LogP contribution in [0.4, 0.5) is 0 Å². The lowest BCUT2D eigenvalue weighted by Crippen LogP contribution is -2.05. The topological polar surface area (TPSA) is 43.6 Å². The Morgan fingerprint density at radius 1 is 0.413 bits per heavy atom. The molecule has 0 saturated heterocycles. The summed E-state index contributed by atoms with van der Waals surface area (Å²) < 4.78 is 4.63. The molecule has 5 heteroatoms. The molecule has 0 fully saturated rings. The molecule has 0 aliphatic rings. The van der Waals surface area contributed by atoms with Crippen LogP contribution in [0.25, 0.3) is 82.1 Å². The lowest BCUT2D eigenvalue weighted by Gasteiger charge is -2.10. The molecule has 216 valence electrons. The predicted molar refractivity (Wildman–Crippen MR) is 191 cm³/mol. The van der Waals surface area contributed by atoms with Crippen molar-refractivity contribution in [3.8, 4) is 51.0 Å². The summed E-state index contributed by atoms with van der Waals surface area (Å²) in [5.41, 5.74) is 7.82. The third-order valence-corrected chi connectivity index (χ3v) is 9.65. The Morgan fingerprint density at radius 2 is 0.978 bits per heavy atom. The largest absolute Gasteiger partial charge is 0.285 e. The van der Waals surface area contributed by atoms with E-state index in [1.165, 1.54) is 47.8 Å². The van der Waals surface area contributed by atoms with E-state index in [2.05, 4.69) is 102 Å². The number of thiophene rings is 1. The maximum Gasteiger partial charge on any atom is 0.238 e. The van der Waals surface area contributed by atoms with Crippen molar-refractivity contribution in [3.63, 3.8) is 0 Å². The lowest BCUT2D eigenvalue weighted by molar-refractivity contribution is 0.933. The Labute approximate surface area is 269 Å². The van der Waals surface area contributed by atoms with Gasteiger partial charge in [0.25, 0.3) is 0 Å². The number of nitrogens with zero attached hydrogens (tertiary/aromatic N) is 4. The number of benzene rings is 6. The average Bonchev–Trinajstić information content (AvgIpc) is 3.74. The van der Waals surface area contributed by atoms with Gasteiger partial charge in [0, 0.05) is 42.9 Å². The van der Waals surface area contributed by atoms with E-state index in [1.54, 1.807) is 0 Å². The molecule has 0 spiro atoms. The zero-order valence-electron chi connectivity index (χ0n) is 24.7. The highest BCUT2D eigenvalue weighted by Crippen LogP contribution is 2.41. The van der Waals surface area contributed by atoms with Gasteiger partial charge in [0.05, 0.1) is 5.52 Å². The monoisotopic (exact) mass is 606 g/mol. The van der Waals surface area contributed by atoms with E-state index in [1.807, 2.05) is 72.0 Å². The minimum atomic E-state index is 0.597. The highest BCUT2D eigenvalue weighted by Gasteiger charge is 2.17. The summed E-state index contributed by atoms with van der Waals surface area (Å²) >= 11 is 1.83. The molecule has 46 heavy (non-hydrogen) atoms. The van der Waals surface area contributed by atoms with E-state index in [0.717, 1.165) is 16.6 Å². The van der Waals surface area contributed by atoms with Gasteiger partial charge < -0.3 is 0 Å². The van der Waals surface area contributed by atoms with E-state index in [0.29, 0.717) is 17.6 Å². The molecule has 0 unspecified atom stereocenters. The molecule has 9 aromatic rings. The van der Waals surface area contributed by atoms with Gasteiger partial charge >= 0.3 is 0 Å². The first-order valence-electron chi connectivity index (χ1n) is 15.3. The quantitative estimate of drug-likeness (QED) is 0.196. The number of hydrogen-bond donors (Lipinski definition) is 0. The first kappa shape index (κ1) is 26.5. The van der Waals surface area contributed by atoms with Crippen LogP contribution in [0.5, 0.6) is 0 Å². The van der Waals surface area contributed by atoms with Crippen LogP contribution in [0.1, 0.15) is 0 Å². The molecule has 6 aromatic carbocycles. The zero-order valence-corrected chi connectivity index (χ0v) is 25.5. The third kappa shape index (κ3) is 4.57. The summed E-state index contributed by atoms with van der Waals surface area (Å²) in [5.74, 6) is 1.89. The second kappa shape index (κ2) is 10.9. The van der Waals surface area contributed by atoms with E-state index in [9.17, 15) is 0 Å².